The predicted molar refractivity (Wildman–Crippen MR) is 90.6 cm³/mol. The Hall–Kier alpha value is -2.19. The van der Waals surface area contributed by atoms with Gasteiger partial charge in [-0.1, -0.05) is 5.16 Å². The minimum Gasteiger partial charge on any atom is -0.373 e. The summed E-state index contributed by atoms with van der Waals surface area (Å²) in [5.74, 6) is 0.369. The first-order valence-electron chi connectivity index (χ1n) is 8.37. The maximum Gasteiger partial charge on any atom is 0.273 e. The second kappa shape index (κ2) is 6.61. The van der Waals surface area contributed by atoms with Crippen LogP contribution in [0.3, 0.4) is 0 Å². The number of rotatable bonds is 3. The molecule has 2 aromatic rings. The molecule has 2 aliphatic heterocycles. The highest BCUT2D eigenvalue weighted by molar-refractivity contribution is 7.14. The molecule has 0 spiro atoms. The third kappa shape index (κ3) is 2.96. The van der Waals surface area contributed by atoms with Crippen LogP contribution in [0.15, 0.2) is 16.7 Å². The van der Waals surface area contributed by atoms with E-state index in [9.17, 15) is 9.59 Å². The van der Waals surface area contributed by atoms with E-state index in [2.05, 4.69) is 10.5 Å². The summed E-state index contributed by atoms with van der Waals surface area (Å²) in [6.07, 6.45) is 2.76. The number of hydrogen-bond donors (Lipinski definition) is 1. The van der Waals surface area contributed by atoms with Gasteiger partial charge in [0.05, 0.1) is 17.5 Å². The Bertz CT molecular complexity index is 807. The maximum absolute atomic E-state index is 12.9. The van der Waals surface area contributed by atoms with Crippen LogP contribution >= 0.6 is 11.3 Å². The Balaban J connectivity index is 1.52. The fraction of sp³-hybridized carbons (Fsp3) is 0.471. The highest BCUT2D eigenvalue weighted by Crippen LogP contribution is 2.34. The van der Waals surface area contributed by atoms with E-state index >= 15 is 0 Å². The Kier molecular flexibility index (Phi) is 4.30. The van der Waals surface area contributed by atoms with Gasteiger partial charge < -0.3 is 19.5 Å². The molecule has 0 aromatic carbocycles. The van der Waals surface area contributed by atoms with Gasteiger partial charge in [-0.3, -0.25) is 9.59 Å². The van der Waals surface area contributed by atoms with E-state index in [0.717, 1.165) is 24.3 Å². The maximum atomic E-state index is 12.9. The Morgan fingerprint density at radius 1 is 1.40 bits per heavy atom. The lowest BCUT2D eigenvalue weighted by Crippen LogP contribution is -2.36. The third-order valence-electron chi connectivity index (χ3n) is 4.64. The molecule has 1 saturated heterocycles. The number of carbonyl (C=O) groups excluding carboxylic acids is 2. The molecule has 2 aromatic heterocycles. The Morgan fingerprint density at radius 2 is 2.28 bits per heavy atom. The van der Waals surface area contributed by atoms with Gasteiger partial charge in [0.15, 0.2) is 5.69 Å². The molecule has 1 N–H and O–H groups in total. The van der Waals surface area contributed by atoms with Crippen LogP contribution in [0.4, 0.5) is 0 Å². The van der Waals surface area contributed by atoms with Crippen LogP contribution in [0.1, 0.15) is 55.3 Å². The number of aromatic nitrogens is 1. The molecule has 7 nitrogen and oxygen atoms in total. The zero-order chi connectivity index (χ0) is 17.4. The molecule has 0 radical (unpaired) electrons. The first kappa shape index (κ1) is 16.3. The summed E-state index contributed by atoms with van der Waals surface area (Å²) in [6.45, 7) is 1.69. The van der Waals surface area contributed by atoms with Crippen LogP contribution in [0.2, 0.25) is 0 Å². The van der Waals surface area contributed by atoms with Gasteiger partial charge in [0.2, 0.25) is 0 Å². The Morgan fingerprint density at radius 3 is 3.04 bits per heavy atom. The third-order valence-corrected chi connectivity index (χ3v) is 5.81. The lowest BCUT2D eigenvalue weighted by molar-refractivity contribution is 0.0732. The van der Waals surface area contributed by atoms with Crippen molar-refractivity contribution in [1.82, 2.24) is 15.4 Å². The largest absolute Gasteiger partial charge is 0.373 e. The molecule has 2 aliphatic rings. The average molecular weight is 361 g/mol. The van der Waals surface area contributed by atoms with E-state index in [-0.39, 0.29) is 23.6 Å². The van der Waals surface area contributed by atoms with Gasteiger partial charge in [0.1, 0.15) is 5.76 Å². The molecule has 4 heterocycles. The van der Waals surface area contributed by atoms with E-state index in [1.165, 1.54) is 11.3 Å². The molecule has 0 aliphatic carbocycles. The monoisotopic (exact) mass is 361 g/mol. The van der Waals surface area contributed by atoms with Crippen molar-refractivity contribution in [3.05, 3.63) is 38.9 Å². The van der Waals surface area contributed by atoms with Crippen molar-refractivity contribution in [3.8, 4) is 0 Å². The number of ether oxygens (including phenoxy) is 1. The van der Waals surface area contributed by atoms with Crippen molar-refractivity contribution in [2.75, 3.05) is 20.2 Å². The van der Waals surface area contributed by atoms with Gasteiger partial charge >= 0.3 is 0 Å². The van der Waals surface area contributed by atoms with Crippen LogP contribution in [0.5, 0.6) is 0 Å². The van der Waals surface area contributed by atoms with Crippen molar-refractivity contribution < 1.29 is 18.8 Å². The number of thiophene rings is 1. The summed E-state index contributed by atoms with van der Waals surface area (Å²) < 4.78 is 10.9. The van der Waals surface area contributed by atoms with Crippen molar-refractivity contribution in [2.24, 2.45) is 0 Å². The van der Waals surface area contributed by atoms with Crippen LogP contribution in [0, 0.1) is 0 Å². The molecular weight excluding hydrogens is 342 g/mol. The molecule has 8 heteroatoms. The molecule has 0 bridgehead atoms. The summed E-state index contributed by atoms with van der Waals surface area (Å²) in [7, 11) is 1.55. The van der Waals surface area contributed by atoms with E-state index in [1.54, 1.807) is 11.9 Å². The molecule has 1 atom stereocenters. The van der Waals surface area contributed by atoms with Gasteiger partial charge in [-0.25, -0.2) is 0 Å². The van der Waals surface area contributed by atoms with Crippen LogP contribution in [0.25, 0.3) is 0 Å². The second-order valence-electron chi connectivity index (χ2n) is 6.19. The van der Waals surface area contributed by atoms with Crippen molar-refractivity contribution in [2.45, 2.75) is 31.9 Å². The summed E-state index contributed by atoms with van der Waals surface area (Å²) in [6, 6.07) is 3.85. The molecular formula is C17H19N3O4S. The lowest BCUT2D eigenvalue weighted by Gasteiger charge is -2.25. The topological polar surface area (TPSA) is 84.7 Å². The molecule has 132 valence electrons. The summed E-state index contributed by atoms with van der Waals surface area (Å²) in [5, 5.41) is 6.40. The van der Waals surface area contributed by atoms with Gasteiger partial charge in [-0.15, -0.1) is 11.3 Å². The standard InChI is InChI=1S/C17H19N3O4S/c1-18-16(21)15-10-9-20(7-6-11(10)24-19-15)17(22)14-5-4-13(25-14)12-3-2-8-23-12/h4-5,12H,2-3,6-9H2,1H3,(H,18,21)/t12-/m0/s1. The van der Waals surface area contributed by atoms with E-state index in [4.69, 9.17) is 9.26 Å². The number of nitrogens with zero attached hydrogens (tertiary/aromatic N) is 2. The molecule has 0 saturated carbocycles. The number of carbonyl (C=O) groups is 2. The highest BCUT2D eigenvalue weighted by atomic mass is 32.1. The summed E-state index contributed by atoms with van der Waals surface area (Å²) >= 11 is 1.50. The van der Waals surface area contributed by atoms with Gasteiger partial charge in [0, 0.05) is 37.1 Å². The van der Waals surface area contributed by atoms with Crippen molar-refractivity contribution >= 4 is 23.2 Å². The zero-order valence-electron chi connectivity index (χ0n) is 13.9. The second-order valence-corrected chi connectivity index (χ2v) is 7.31. The SMILES string of the molecule is CNC(=O)c1noc2c1CN(C(=O)c1ccc([C@@H]3CCCO3)s1)CC2. The minimum absolute atomic E-state index is 0.0241. The zero-order valence-corrected chi connectivity index (χ0v) is 14.7. The molecule has 2 amide bonds. The summed E-state index contributed by atoms with van der Waals surface area (Å²) in [4.78, 5) is 28.3. The highest BCUT2D eigenvalue weighted by Gasteiger charge is 2.30. The quantitative estimate of drug-likeness (QED) is 0.905. The fourth-order valence-corrected chi connectivity index (χ4v) is 4.34. The Labute approximate surface area is 148 Å². The number of nitrogens with one attached hydrogen (secondary N) is 1. The van der Waals surface area contributed by atoms with Gasteiger partial charge in [-0.2, -0.15) is 0 Å². The smallest absolute Gasteiger partial charge is 0.273 e. The van der Waals surface area contributed by atoms with Gasteiger partial charge in [0.25, 0.3) is 11.8 Å². The minimum atomic E-state index is -0.295. The first-order valence-corrected chi connectivity index (χ1v) is 9.19. The van der Waals surface area contributed by atoms with Crippen molar-refractivity contribution in [1.29, 1.82) is 0 Å². The van der Waals surface area contributed by atoms with E-state index < -0.39 is 0 Å². The fourth-order valence-electron chi connectivity index (χ4n) is 3.28. The molecule has 25 heavy (non-hydrogen) atoms. The van der Waals surface area contributed by atoms with Crippen molar-refractivity contribution in [3.63, 3.8) is 0 Å². The molecule has 1 fully saturated rings. The lowest BCUT2D eigenvalue weighted by atomic mass is 10.1. The number of fused-ring (bicyclic) bond motifs is 1. The van der Waals surface area contributed by atoms with Crippen LogP contribution in [-0.4, -0.2) is 42.1 Å². The molecule has 0 unspecified atom stereocenters. The van der Waals surface area contributed by atoms with Crippen LogP contribution in [-0.2, 0) is 17.7 Å². The predicted octanol–water partition coefficient (Wildman–Crippen LogP) is 2.15. The molecule has 4 rings (SSSR count). The number of amides is 2. The van der Waals surface area contributed by atoms with E-state index in [0.29, 0.717) is 35.7 Å². The first-order chi connectivity index (χ1) is 12.2. The summed E-state index contributed by atoms with van der Waals surface area (Å²) in [5.41, 5.74) is 0.969. The van der Waals surface area contributed by atoms with Crippen LogP contribution < -0.4 is 5.32 Å². The van der Waals surface area contributed by atoms with E-state index in [1.807, 2.05) is 12.1 Å². The number of hydrogen-bond acceptors (Lipinski definition) is 6. The average Bonchev–Trinajstić information content (AvgIpc) is 3.39. The van der Waals surface area contributed by atoms with Gasteiger partial charge in [-0.05, 0) is 25.0 Å². The normalized spacial score (nSPS) is 19.7.